The van der Waals surface area contributed by atoms with Crippen LogP contribution in [0.2, 0.25) is 0 Å². The largest absolute Gasteiger partial charge is 0.396 e. The van der Waals surface area contributed by atoms with Gasteiger partial charge in [0.05, 0.1) is 0 Å². The van der Waals surface area contributed by atoms with E-state index in [1.807, 2.05) is 0 Å². The van der Waals surface area contributed by atoms with Gasteiger partial charge in [0.25, 0.3) is 0 Å². The molecular weight excluding hydrogens is 178 g/mol. The molecule has 0 rings (SSSR count). The highest BCUT2D eigenvalue weighted by Gasteiger charge is 1.97. The molecule has 0 bridgehead atoms. The number of hydrogen-bond donors (Lipinski definition) is 1. The second kappa shape index (κ2) is 11.0. The van der Waals surface area contributed by atoms with E-state index in [1.165, 1.54) is 12.8 Å². The zero-order valence-corrected chi connectivity index (χ0v) is 9.67. The molecule has 0 unspecified atom stereocenters. The van der Waals surface area contributed by atoms with Crippen LogP contribution >= 0.6 is 0 Å². The van der Waals surface area contributed by atoms with E-state index in [0.29, 0.717) is 6.61 Å². The summed E-state index contributed by atoms with van der Waals surface area (Å²) in [7, 11) is 3.90. The van der Waals surface area contributed by atoms with Crippen LogP contribution in [0.4, 0.5) is 0 Å². The van der Waals surface area contributed by atoms with E-state index in [4.69, 9.17) is 9.84 Å². The molecule has 0 aromatic carbocycles. The van der Waals surface area contributed by atoms with Crippen LogP contribution in [0.15, 0.2) is 0 Å². The van der Waals surface area contributed by atoms with Gasteiger partial charge in [-0.05, 0) is 32.9 Å². The third kappa shape index (κ3) is 9.96. The highest BCUT2D eigenvalue weighted by Crippen LogP contribution is 2.00. The predicted octanol–water partition coefficient (Wildman–Crippen LogP) is 1.51. The summed E-state index contributed by atoms with van der Waals surface area (Å²) in [5.41, 5.74) is 0. The maximum atomic E-state index is 8.59. The SMILES string of the molecule is COCCCN(C)CCCCCCO. The van der Waals surface area contributed by atoms with Gasteiger partial charge in [-0.15, -0.1) is 0 Å². The minimum absolute atomic E-state index is 0.337. The zero-order valence-electron chi connectivity index (χ0n) is 9.67. The molecule has 0 aliphatic rings. The first-order valence-corrected chi connectivity index (χ1v) is 5.59. The van der Waals surface area contributed by atoms with Crippen molar-refractivity contribution < 1.29 is 9.84 Å². The number of rotatable bonds is 10. The van der Waals surface area contributed by atoms with Gasteiger partial charge in [0.1, 0.15) is 0 Å². The van der Waals surface area contributed by atoms with Crippen molar-refractivity contribution in [3.63, 3.8) is 0 Å². The van der Waals surface area contributed by atoms with Crippen LogP contribution in [-0.4, -0.2) is 50.5 Å². The smallest absolute Gasteiger partial charge is 0.0474 e. The van der Waals surface area contributed by atoms with Crippen LogP contribution in [0.1, 0.15) is 32.1 Å². The van der Waals surface area contributed by atoms with Crippen LogP contribution in [-0.2, 0) is 4.74 Å². The van der Waals surface area contributed by atoms with Gasteiger partial charge in [0.15, 0.2) is 0 Å². The molecule has 0 atom stereocenters. The molecule has 14 heavy (non-hydrogen) atoms. The summed E-state index contributed by atoms with van der Waals surface area (Å²) in [4.78, 5) is 2.35. The second-order valence-electron chi connectivity index (χ2n) is 3.79. The Morgan fingerprint density at radius 2 is 1.64 bits per heavy atom. The van der Waals surface area contributed by atoms with Crippen LogP contribution in [0, 0.1) is 0 Å². The number of aliphatic hydroxyl groups excluding tert-OH is 1. The first-order valence-electron chi connectivity index (χ1n) is 5.59. The highest BCUT2D eigenvalue weighted by molar-refractivity contribution is 4.52. The molecule has 3 nitrogen and oxygen atoms in total. The average Bonchev–Trinajstić information content (AvgIpc) is 2.18. The molecule has 0 spiro atoms. The van der Waals surface area contributed by atoms with Crippen LogP contribution < -0.4 is 0 Å². The van der Waals surface area contributed by atoms with Crippen molar-refractivity contribution in [3.8, 4) is 0 Å². The number of nitrogens with zero attached hydrogens (tertiary/aromatic N) is 1. The summed E-state index contributed by atoms with van der Waals surface area (Å²) in [6.07, 6.45) is 5.69. The topological polar surface area (TPSA) is 32.7 Å². The van der Waals surface area contributed by atoms with Gasteiger partial charge in [-0.2, -0.15) is 0 Å². The Hall–Kier alpha value is -0.120. The van der Waals surface area contributed by atoms with Gasteiger partial charge in [-0.1, -0.05) is 12.8 Å². The first kappa shape index (κ1) is 13.9. The van der Waals surface area contributed by atoms with E-state index in [2.05, 4.69) is 11.9 Å². The number of unbranched alkanes of at least 4 members (excludes halogenated alkanes) is 3. The van der Waals surface area contributed by atoms with Crippen molar-refractivity contribution in [3.05, 3.63) is 0 Å². The van der Waals surface area contributed by atoms with Gasteiger partial charge < -0.3 is 14.7 Å². The predicted molar refractivity (Wildman–Crippen MR) is 59.5 cm³/mol. The fourth-order valence-corrected chi connectivity index (χ4v) is 1.44. The molecule has 0 radical (unpaired) electrons. The third-order valence-corrected chi connectivity index (χ3v) is 2.34. The molecule has 0 aliphatic heterocycles. The molecule has 0 amide bonds. The van der Waals surface area contributed by atoms with Gasteiger partial charge in [0, 0.05) is 26.9 Å². The Bertz CT molecular complexity index is 109. The maximum absolute atomic E-state index is 8.59. The van der Waals surface area contributed by atoms with Gasteiger partial charge in [-0.25, -0.2) is 0 Å². The number of ether oxygens (including phenoxy) is 1. The molecule has 3 heteroatoms. The Kier molecular flexibility index (Phi) is 10.9. The molecule has 0 saturated heterocycles. The van der Waals surface area contributed by atoms with Crippen LogP contribution in [0.3, 0.4) is 0 Å². The summed E-state index contributed by atoms with van der Waals surface area (Å²) >= 11 is 0. The van der Waals surface area contributed by atoms with E-state index in [0.717, 1.165) is 39.0 Å². The maximum Gasteiger partial charge on any atom is 0.0474 e. The molecule has 1 N–H and O–H groups in total. The molecule has 0 heterocycles. The molecule has 0 fully saturated rings. The first-order chi connectivity index (χ1) is 6.81. The molecule has 0 saturated carbocycles. The Morgan fingerprint density at radius 3 is 2.29 bits per heavy atom. The lowest BCUT2D eigenvalue weighted by Crippen LogP contribution is -2.21. The minimum Gasteiger partial charge on any atom is -0.396 e. The third-order valence-electron chi connectivity index (χ3n) is 2.34. The molecule has 86 valence electrons. The summed E-state index contributed by atoms with van der Waals surface area (Å²) < 4.78 is 5.00. The fourth-order valence-electron chi connectivity index (χ4n) is 1.44. The van der Waals surface area contributed by atoms with Crippen molar-refractivity contribution >= 4 is 0 Å². The summed E-state index contributed by atoms with van der Waals surface area (Å²) in [5, 5.41) is 8.59. The summed E-state index contributed by atoms with van der Waals surface area (Å²) in [6.45, 7) is 3.47. The van der Waals surface area contributed by atoms with Crippen molar-refractivity contribution in [1.29, 1.82) is 0 Å². The quantitative estimate of drug-likeness (QED) is 0.546. The number of aliphatic hydroxyl groups is 1. The van der Waals surface area contributed by atoms with Crippen molar-refractivity contribution in [1.82, 2.24) is 4.90 Å². The molecular formula is C11H25NO2. The Labute approximate surface area is 88.1 Å². The van der Waals surface area contributed by atoms with E-state index >= 15 is 0 Å². The fraction of sp³-hybridized carbons (Fsp3) is 1.00. The van der Waals surface area contributed by atoms with E-state index < -0.39 is 0 Å². The van der Waals surface area contributed by atoms with Gasteiger partial charge >= 0.3 is 0 Å². The van der Waals surface area contributed by atoms with E-state index in [-0.39, 0.29) is 0 Å². The molecule has 0 aromatic heterocycles. The van der Waals surface area contributed by atoms with Crippen molar-refractivity contribution in [2.24, 2.45) is 0 Å². The highest BCUT2D eigenvalue weighted by atomic mass is 16.5. The van der Waals surface area contributed by atoms with Gasteiger partial charge in [-0.3, -0.25) is 0 Å². The summed E-state index contributed by atoms with van der Waals surface area (Å²) in [6, 6.07) is 0. The lowest BCUT2D eigenvalue weighted by molar-refractivity contribution is 0.178. The monoisotopic (exact) mass is 203 g/mol. The van der Waals surface area contributed by atoms with Gasteiger partial charge in [0.2, 0.25) is 0 Å². The number of hydrogen-bond acceptors (Lipinski definition) is 3. The van der Waals surface area contributed by atoms with E-state index in [9.17, 15) is 0 Å². The van der Waals surface area contributed by atoms with E-state index in [1.54, 1.807) is 7.11 Å². The zero-order chi connectivity index (χ0) is 10.6. The lowest BCUT2D eigenvalue weighted by Gasteiger charge is -2.15. The minimum atomic E-state index is 0.337. The molecule has 0 aromatic rings. The van der Waals surface area contributed by atoms with Crippen LogP contribution in [0.5, 0.6) is 0 Å². The molecule has 0 aliphatic carbocycles. The summed E-state index contributed by atoms with van der Waals surface area (Å²) in [5.74, 6) is 0. The normalized spacial score (nSPS) is 11.1. The number of methoxy groups -OCH3 is 1. The lowest BCUT2D eigenvalue weighted by atomic mass is 10.2. The van der Waals surface area contributed by atoms with Crippen molar-refractivity contribution in [2.75, 3.05) is 40.5 Å². The van der Waals surface area contributed by atoms with Crippen LogP contribution in [0.25, 0.3) is 0 Å². The average molecular weight is 203 g/mol. The standard InChI is InChI=1S/C11H25NO2/c1-12(9-7-11-14-2)8-5-3-4-6-10-13/h13H,3-11H2,1-2H3. The Balaban J connectivity index is 3.06. The Morgan fingerprint density at radius 1 is 1.00 bits per heavy atom. The second-order valence-corrected chi connectivity index (χ2v) is 3.79. The van der Waals surface area contributed by atoms with Crippen molar-refractivity contribution in [2.45, 2.75) is 32.1 Å².